The number of carbonyl (C=O) groups excluding carboxylic acids is 1. The van der Waals surface area contributed by atoms with E-state index < -0.39 is 12.1 Å². The van der Waals surface area contributed by atoms with Gasteiger partial charge in [0.1, 0.15) is 0 Å². The number of carbonyl (C=O) groups is 1. The molecule has 0 aliphatic carbocycles. The summed E-state index contributed by atoms with van der Waals surface area (Å²) in [6.45, 7) is 12.6. The van der Waals surface area contributed by atoms with Gasteiger partial charge in [-0.05, 0) is 38.0 Å². The van der Waals surface area contributed by atoms with Crippen LogP contribution < -0.4 is 5.32 Å². The second-order valence-electron chi connectivity index (χ2n) is 7.19. The molecule has 0 aliphatic rings. The zero-order chi connectivity index (χ0) is 23.5. The van der Waals surface area contributed by atoms with Crippen LogP contribution in [0, 0.1) is 11.2 Å². The van der Waals surface area contributed by atoms with Crippen LogP contribution >= 0.6 is 12.2 Å². The van der Waals surface area contributed by atoms with E-state index in [2.05, 4.69) is 14.8 Å². The molecule has 3 aromatic rings. The van der Waals surface area contributed by atoms with Crippen LogP contribution in [-0.2, 0) is 16.1 Å². The summed E-state index contributed by atoms with van der Waals surface area (Å²) < 4.78 is 45.3. The minimum Gasteiger partial charge on any atom is -0.379 e. The Morgan fingerprint density at radius 2 is 2.03 bits per heavy atom. The van der Waals surface area contributed by atoms with Crippen LogP contribution in [0.1, 0.15) is 20.3 Å². The van der Waals surface area contributed by atoms with Crippen molar-refractivity contribution in [3.63, 3.8) is 0 Å². The molecule has 7 nitrogen and oxygen atoms in total. The molecule has 2 heterocycles. The quantitative estimate of drug-likeness (QED) is 0.271. The van der Waals surface area contributed by atoms with Crippen molar-refractivity contribution in [2.24, 2.45) is 0 Å². The summed E-state index contributed by atoms with van der Waals surface area (Å²) in [6.07, 6.45) is -2.83. The van der Waals surface area contributed by atoms with E-state index in [1.165, 1.54) is 18.5 Å². The van der Waals surface area contributed by atoms with Crippen LogP contribution in [0.4, 0.5) is 24.5 Å². The van der Waals surface area contributed by atoms with Crippen molar-refractivity contribution in [1.29, 1.82) is 0 Å². The fourth-order valence-electron chi connectivity index (χ4n) is 3.26. The Morgan fingerprint density at radius 1 is 1.34 bits per heavy atom. The second kappa shape index (κ2) is 9.50. The minimum atomic E-state index is -4.98. The average Bonchev–Trinajstić information content (AvgIpc) is 3.05. The van der Waals surface area contributed by atoms with E-state index in [0.717, 1.165) is 0 Å². The molecule has 1 aromatic carbocycles. The number of anilines is 1. The van der Waals surface area contributed by atoms with Gasteiger partial charge in [0, 0.05) is 18.8 Å². The Balaban J connectivity index is 2.04. The molecular formula is C21H20F3N5O2S. The Labute approximate surface area is 187 Å². The molecule has 0 spiro atoms. The highest BCUT2D eigenvalue weighted by atomic mass is 32.1. The first-order valence-corrected chi connectivity index (χ1v) is 10.1. The molecule has 1 amide bonds. The predicted octanol–water partition coefficient (Wildman–Crippen LogP) is 5.63. The van der Waals surface area contributed by atoms with Gasteiger partial charge >= 0.3 is 12.1 Å². The molecule has 2 N–H and O–H groups in total. The van der Waals surface area contributed by atoms with E-state index in [-0.39, 0.29) is 11.8 Å². The van der Waals surface area contributed by atoms with E-state index in [4.69, 9.17) is 23.5 Å². The number of aryl methyl sites for hydroxylation is 1. The number of amides is 1. The number of H-pyrrole nitrogens is 1. The topological polar surface area (TPSA) is 76.3 Å². The molecule has 3 rings (SSSR count). The molecule has 0 fully saturated rings. The summed E-state index contributed by atoms with van der Waals surface area (Å²) in [5.41, 5.74) is 2.60. The maximum atomic E-state index is 12.5. The number of aromatic amines is 1. The van der Waals surface area contributed by atoms with Crippen molar-refractivity contribution in [3.05, 3.63) is 46.7 Å². The molecular weight excluding hydrogens is 443 g/mol. The highest BCUT2D eigenvalue weighted by Gasteiger charge is 2.38. The van der Waals surface area contributed by atoms with E-state index in [1.807, 2.05) is 23.7 Å². The smallest absolute Gasteiger partial charge is 0.379 e. The molecule has 168 valence electrons. The summed E-state index contributed by atoms with van der Waals surface area (Å²) in [4.78, 5) is 22.0. The number of hydrogen-bond acceptors (Lipinski definition) is 4. The average molecular weight is 463 g/mol. The number of nitrogens with zero attached hydrogens (tertiary/aromatic N) is 3. The zero-order valence-electron chi connectivity index (χ0n) is 17.3. The third-order valence-electron chi connectivity index (χ3n) is 4.59. The van der Waals surface area contributed by atoms with Gasteiger partial charge in [-0.1, -0.05) is 24.4 Å². The maximum Gasteiger partial charge on any atom is 0.471 e. The van der Waals surface area contributed by atoms with Gasteiger partial charge in [-0.2, -0.15) is 13.2 Å². The van der Waals surface area contributed by atoms with Crippen molar-refractivity contribution in [2.45, 2.75) is 39.1 Å². The molecule has 0 unspecified atom stereocenters. The first-order valence-electron chi connectivity index (χ1n) is 9.71. The van der Waals surface area contributed by atoms with Gasteiger partial charge in [-0.15, -0.1) is 0 Å². The summed E-state index contributed by atoms with van der Waals surface area (Å²) in [5.74, 6) is -2.05. The highest BCUT2D eigenvalue weighted by Crippen LogP contribution is 2.40. The molecule has 2 aromatic heterocycles. The van der Waals surface area contributed by atoms with Crippen molar-refractivity contribution < 1.29 is 22.7 Å². The Morgan fingerprint density at radius 3 is 2.62 bits per heavy atom. The van der Waals surface area contributed by atoms with E-state index >= 15 is 0 Å². The molecule has 11 heteroatoms. The number of alkyl halides is 3. The van der Waals surface area contributed by atoms with Crippen molar-refractivity contribution >= 4 is 40.5 Å². The fourth-order valence-corrected chi connectivity index (χ4v) is 3.53. The van der Waals surface area contributed by atoms with Gasteiger partial charge in [0.25, 0.3) is 0 Å². The number of benzene rings is 1. The molecule has 32 heavy (non-hydrogen) atoms. The van der Waals surface area contributed by atoms with Crippen LogP contribution in [0.5, 0.6) is 0 Å². The third-order valence-corrected chi connectivity index (χ3v) is 4.89. The monoisotopic (exact) mass is 463 g/mol. The zero-order valence-corrected chi connectivity index (χ0v) is 18.1. The van der Waals surface area contributed by atoms with Crippen molar-refractivity contribution in [1.82, 2.24) is 14.5 Å². The molecule has 0 aliphatic heterocycles. The number of aromatic nitrogens is 3. The Bertz CT molecular complexity index is 1220. The number of halogens is 3. The number of ether oxygens (including phenoxy) is 1. The SMILES string of the molecule is [C-]#[N+]c1c(-c2ccc(NC(=O)C(F)(F)F)cc2)n(CCCOC(C)C)c2c(=S)nc[nH]c12. The van der Waals surface area contributed by atoms with Gasteiger partial charge < -0.3 is 19.6 Å². The standard InChI is InChI=1S/C21H20F3N5O2S/c1-12(2)31-10-4-9-29-17(15(25-3)16-18(29)19(32)27-11-26-16)13-5-7-14(8-6-13)28-20(30)21(22,23)24/h5-8,11-12H,4,9-10H2,1-2H3,(H,28,30)(H,26,27,32). The largest absolute Gasteiger partial charge is 0.471 e. The van der Waals surface area contributed by atoms with Crippen LogP contribution in [0.15, 0.2) is 30.6 Å². The fraction of sp³-hybridized carbons (Fsp3) is 0.333. The summed E-state index contributed by atoms with van der Waals surface area (Å²) in [7, 11) is 0. The summed E-state index contributed by atoms with van der Waals surface area (Å²) in [5, 5.41) is 1.81. The first-order chi connectivity index (χ1) is 15.1. The highest BCUT2D eigenvalue weighted by molar-refractivity contribution is 7.71. The van der Waals surface area contributed by atoms with Gasteiger partial charge in [0.2, 0.25) is 5.69 Å². The van der Waals surface area contributed by atoms with Gasteiger partial charge in [0.05, 0.1) is 35.7 Å². The molecule has 0 atom stereocenters. The molecule has 0 saturated heterocycles. The lowest BCUT2D eigenvalue weighted by Crippen LogP contribution is -2.29. The third kappa shape index (κ3) is 4.98. The number of rotatable bonds is 7. The first kappa shape index (κ1) is 23.4. The lowest BCUT2D eigenvalue weighted by Gasteiger charge is -2.14. The van der Waals surface area contributed by atoms with E-state index in [1.54, 1.807) is 12.1 Å². The van der Waals surface area contributed by atoms with Crippen LogP contribution in [0.25, 0.3) is 27.1 Å². The Hall–Kier alpha value is -3.23. The second-order valence-corrected chi connectivity index (χ2v) is 7.58. The number of nitrogens with one attached hydrogen (secondary N) is 2. The van der Waals surface area contributed by atoms with Gasteiger partial charge in [-0.25, -0.2) is 9.83 Å². The molecule has 0 radical (unpaired) electrons. The van der Waals surface area contributed by atoms with Crippen molar-refractivity contribution in [3.8, 4) is 11.3 Å². The predicted molar refractivity (Wildman–Crippen MR) is 117 cm³/mol. The maximum absolute atomic E-state index is 12.5. The number of fused-ring (bicyclic) bond motifs is 1. The summed E-state index contributed by atoms with van der Waals surface area (Å²) in [6, 6.07) is 5.80. The van der Waals surface area contributed by atoms with Crippen molar-refractivity contribution in [2.75, 3.05) is 11.9 Å². The van der Waals surface area contributed by atoms with Crippen LogP contribution in [-0.4, -0.2) is 39.3 Å². The van der Waals surface area contributed by atoms with Crippen LogP contribution in [0.2, 0.25) is 0 Å². The van der Waals surface area contributed by atoms with Gasteiger partial charge in [0.15, 0.2) is 4.64 Å². The van der Waals surface area contributed by atoms with E-state index in [0.29, 0.717) is 52.2 Å². The van der Waals surface area contributed by atoms with Gasteiger partial charge in [-0.3, -0.25) is 4.79 Å². The van der Waals surface area contributed by atoms with E-state index in [9.17, 15) is 18.0 Å². The minimum absolute atomic E-state index is 0.00869. The lowest BCUT2D eigenvalue weighted by atomic mass is 10.1. The molecule has 0 bridgehead atoms. The normalized spacial score (nSPS) is 11.7. The molecule has 0 saturated carbocycles. The Kier molecular flexibility index (Phi) is 6.96. The van der Waals surface area contributed by atoms with Crippen LogP contribution in [0.3, 0.4) is 0 Å². The lowest BCUT2D eigenvalue weighted by molar-refractivity contribution is -0.167. The number of hydrogen-bond donors (Lipinski definition) is 2. The summed E-state index contributed by atoms with van der Waals surface area (Å²) >= 11 is 5.40.